The van der Waals surface area contributed by atoms with Gasteiger partial charge in [-0.15, -0.1) is 0 Å². The fraction of sp³-hybridized carbons (Fsp3) is 0.149. The van der Waals surface area contributed by atoms with Crippen LogP contribution < -0.4 is 31.9 Å². The topological polar surface area (TPSA) is 233 Å². The highest BCUT2D eigenvalue weighted by Gasteiger charge is 2.38. The van der Waals surface area contributed by atoms with Crippen LogP contribution in [-0.4, -0.2) is 78.6 Å². The van der Waals surface area contributed by atoms with Crippen molar-refractivity contribution < 1.29 is 37.1 Å². The van der Waals surface area contributed by atoms with Gasteiger partial charge in [0.1, 0.15) is 12.1 Å². The number of fused-ring (bicyclic) bond motifs is 2. The van der Waals surface area contributed by atoms with Crippen LogP contribution in [0.1, 0.15) is 20.8 Å². The van der Waals surface area contributed by atoms with E-state index in [0.29, 0.717) is 50.1 Å². The van der Waals surface area contributed by atoms with Crippen LogP contribution in [0.3, 0.4) is 0 Å². The molecule has 0 fully saturated rings. The van der Waals surface area contributed by atoms with Gasteiger partial charge < -0.3 is 46.6 Å². The molecule has 0 aliphatic rings. The molecule has 22 heteroatoms. The molecular formula is C47H41Cl2F3N12O5. The van der Waals surface area contributed by atoms with Gasteiger partial charge in [0.25, 0.3) is 0 Å². The molecule has 0 unspecified atom stereocenters. The van der Waals surface area contributed by atoms with Crippen LogP contribution in [0.15, 0.2) is 122 Å². The average molecular weight is 982 g/mol. The molecular weight excluding hydrogens is 940 g/mol. The number of alkyl halides is 3. The number of para-hydroxylation sites is 2. The zero-order chi connectivity index (χ0) is 49.3. The van der Waals surface area contributed by atoms with Gasteiger partial charge in [-0.1, -0.05) is 71.7 Å². The summed E-state index contributed by atoms with van der Waals surface area (Å²) in [6.45, 7) is 4.20. The number of carbonyl (C=O) groups is 4. The first-order chi connectivity index (χ1) is 32.9. The largest absolute Gasteiger partial charge is 0.471 e. The van der Waals surface area contributed by atoms with E-state index in [1.54, 1.807) is 63.5 Å². The number of nitrogens with one attached hydrogen (secondary N) is 8. The molecule has 354 valence electrons. The Morgan fingerprint density at radius 2 is 1.04 bits per heavy atom. The molecule has 4 heterocycles. The number of alkyl carbamates (subject to hydrolysis) is 1. The van der Waals surface area contributed by atoms with Crippen molar-refractivity contribution in [2.75, 3.05) is 34.4 Å². The summed E-state index contributed by atoms with van der Waals surface area (Å²) in [4.78, 5) is 70.6. The number of aromatic nitrogens is 6. The van der Waals surface area contributed by atoms with Gasteiger partial charge >= 0.3 is 18.2 Å². The number of nitrogens with zero attached hydrogens (tertiary/aromatic N) is 4. The minimum Gasteiger partial charge on any atom is -0.444 e. The van der Waals surface area contributed by atoms with E-state index in [9.17, 15) is 32.3 Å². The molecule has 4 aromatic heterocycles. The molecule has 0 radical (unpaired) electrons. The monoisotopic (exact) mass is 980 g/mol. The van der Waals surface area contributed by atoms with E-state index in [0.717, 1.165) is 32.9 Å². The Balaban J connectivity index is 0.000000204. The van der Waals surface area contributed by atoms with E-state index < -0.39 is 42.1 Å². The molecule has 0 aliphatic heterocycles. The molecule has 4 amide bonds. The van der Waals surface area contributed by atoms with Gasteiger partial charge in [0.2, 0.25) is 23.7 Å². The minimum atomic E-state index is -5.06. The number of amides is 4. The number of ether oxygens (including phenoxy) is 1. The zero-order valence-electron chi connectivity index (χ0n) is 36.7. The van der Waals surface area contributed by atoms with Gasteiger partial charge in [-0.3, -0.25) is 14.4 Å². The van der Waals surface area contributed by atoms with Crippen molar-refractivity contribution in [3.63, 3.8) is 0 Å². The molecule has 4 aromatic carbocycles. The maximum Gasteiger partial charge on any atom is 0.471 e. The first-order valence-corrected chi connectivity index (χ1v) is 21.5. The third-order valence-electron chi connectivity index (χ3n) is 9.44. The summed E-state index contributed by atoms with van der Waals surface area (Å²) in [6, 6.07) is 29.0. The minimum absolute atomic E-state index is 0.221. The average Bonchev–Trinajstić information content (AvgIpc) is 3.93. The van der Waals surface area contributed by atoms with Crippen molar-refractivity contribution in [2.45, 2.75) is 32.5 Å². The van der Waals surface area contributed by atoms with Gasteiger partial charge in [-0.2, -0.15) is 13.2 Å². The Bertz CT molecular complexity index is 3170. The molecule has 0 aliphatic carbocycles. The van der Waals surface area contributed by atoms with Gasteiger partial charge in [-0.25, -0.2) is 24.7 Å². The van der Waals surface area contributed by atoms with E-state index in [1.165, 1.54) is 23.6 Å². The Morgan fingerprint density at radius 3 is 1.49 bits per heavy atom. The van der Waals surface area contributed by atoms with E-state index in [4.69, 9.17) is 27.9 Å². The number of carbonyl (C=O) groups excluding carboxylic acids is 4. The lowest BCUT2D eigenvalue weighted by atomic mass is 10.1. The van der Waals surface area contributed by atoms with Crippen molar-refractivity contribution in [3.8, 4) is 22.5 Å². The highest BCUT2D eigenvalue weighted by Crippen LogP contribution is 2.34. The Morgan fingerprint density at radius 1 is 0.609 bits per heavy atom. The predicted octanol–water partition coefficient (Wildman–Crippen LogP) is 10.1. The highest BCUT2D eigenvalue weighted by atomic mass is 35.5. The first kappa shape index (κ1) is 48.7. The summed E-state index contributed by atoms with van der Waals surface area (Å²) in [5.41, 5.74) is 6.05. The first-order valence-electron chi connectivity index (χ1n) is 20.7. The van der Waals surface area contributed by atoms with Crippen LogP contribution in [0.4, 0.5) is 52.6 Å². The lowest BCUT2D eigenvalue weighted by Crippen LogP contribution is -2.41. The molecule has 0 spiro atoms. The van der Waals surface area contributed by atoms with Crippen LogP contribution in [0.25, 0.3) is 44.3 Å². The molecule has 0 saturated carbocycles. The Labute approximate surface area is 401 Å². The standard InChI is InChI=1S/C25H25ClN6O3.C22H16ClF3N6O2/c1-25(2,3)35-24(34)29-14-21(33)30-15-7-6-8-16(11-15)31-23-28-13-19(26)22(32-23)18-12-27-20-10-5-4-9-17(18)20;23-16-10-29-21(32-19(16)15-9-27-17-7-2-1-6-14(15)17)31-13-5-3-4-12(8-13)30-18(33)11-28-20(34)22(24,25)26/h4-13,27H,14H2,1-3H3,(H,29,34)(H,30,33)(H,28,31,32);1-10,27H,11H2,(H,28,34)(H,30,33)(H,29,31,32). The van der Waals surface area contributed by atoms with E-state index in [1.807, 2.05) is 60.8 Å². The van der Waals surface area contributed by atoms with Crippen molar-refractivity contribution in [1.82, 2.24) is 40.5 Å². The number of aromatic amines is 2. The van der Waals surface area contributed by atoms with E-state index >= 15 is 0 Å². The normalized spacial score (nSPS) is 11.2. The lowest BCUT2D eigenvalue weighted by molar-refractivity contribution is -0.173. The van der Waals surface area contributed by atoms with Gasteiger partial charge in [-0.05, 0) is 69.3 Å². The number of H-pyrrole nitrogens is 2. The van der Waals surface area contributed by atoms with E-state index in [-0.39, 0.29) is 12.5 Å². The number of hydrogen-bond acceptors (Lipinski definition) is 11. The smallest absolute Gasteiger partial charge is 0.444 e. The summed E-state index contributed by atoms with van der Waals surface area (Å²) in [5, 5.41) is 18.0. The fourth-order valence-corrected chi connectivity index (χ4v) is 6.90. The van der Waals surface area contributed by atoms with Crippen molar-refractivity contribution >= 4 is 103 Å². The number of anilines is 6. The molecule has 0 bridgehead atoms. The number of hydrogen-bond donors (Lipinski definition) is 8. The third-order valence-corrected chi connectivity index (χ3v) is 9.99. The van der Waals surface area contributed by atoms with Crippen LogP contribution in [-0.2, 0) is 19.1 Å². The second-order valence-electron chi connectivity index (χ2n) is 15.8. The van der Waals surface area contributed by atoms with Crippen molar-refractivity contribution in [3.05, 3.63) is 132 Å². The van der Waals surface area contributed by atoms with Crippen LogP contribution in [0.5, 0.6) is 0 Å². The third kappa shape index (κ3) is 13.2. The fourth-order valence-electron chi connectivity index (χ4n) is 6.51. The quantitative estimate of drug-likeness (QED) is 0.0574. The summed E-state index contributed by atoms with van der Waals surface area (Å²) in [7, 11) is 0. The van der Waals surface area contributed by atoms with Crippen molar-refractivity contribution in [1.29, 1.82) is 0 Å². The maximum absolute atomic E-state index is 12.2. The molecule has 17 nitrogen and oxygen atoms in total. The lowest BCUT2D eigenvalue weighted by Gasteiger charge is -2.19. The van der Waals surface area contributed by atoms with Crippen LogP contribution >= 0.6 is 23.2 Å². The predicted molar refractivity (Wildman–Crippen MR) is 259 cm³/mol. The maximum atomic E-state index is 12.2. The highest BCUT2D eigenvalue weighted by molar-refractivity contribution is 6.33. The zero-order valence-corrected chi connectivity index (χ0v) is 38.2. The molecule has 8 rings (SSSR count). The number of halogens is 5. The van der Waals surface area contributed by atoms with Gasteiger partial charge in [0, 0.05) is 68.1 Å². The van der Waals surface area contributed by atoms with Crippen molar-refractivity contribution in [2.24, 2.45) is 0 Å². The summed E-state index contributed by atoms with van der Waals surface area (Å²) < 4.78 is 41.8. The van der Waals surface area contributed by atoms with Gasteiger partial charge in [0.05, 0.1) is 40.4 Å². The van der Waals surface area contributed by atoms with Crippen LogP contribution in [0, 0.1) is 0 Å². The van der Waals surface area contributed by atoms with E-state index in [2.05, 4.69) is 56.5 Å². The summed E-state index contributed by atoms with van der Waals surface area (Å²) in [6.07, 6.45) is 0.952. The van der Waals surface area contributed by atoms with Gasteiger partial charge in [0.15, 0.2) is 0 Å². The second kappa shape index (κ2) is 21.2. The molecule has 8 N–H and O–H groups in total. The Hall–Kier alpha value is -8.23. The second-order valence-corrected chi connectivity index (χ2v) is 16.6. The molecule has 8 aromatic rings. The molecule has 0 saturated heterocycles. The Kier molecular flexibility index (Phi) is 14.9. The molecule has 69 heavy (non-hydrogen) atoms. The molecule has 0 atom stereocenters. The summed E-state index contributed by atoms with van der Waals surface area (Å²) in [5.74, 6) is -2.81. The number of rotatable bonds is 12. The number of benzene rings is 4. The van der Waals surface area contributed by atoms with Crippen LogP contribution in [0.2, 0.25) is 10.0 Å². The summed E-state index contributed by atoms with van der Waals surface area (Å²) >= 11 is 12.7. The SMILES string of the molecule is CC(C)(C)OC(=O)NCC(=O)Nc1cccc(Nc2ncc(Cl)c(-c3c[nH]c4ccccc34)n2)c1.O=C(CNC(=O)C(F)(F)F)Nc1cccc(Nc2ncc(Cl)c(-c3c[nH]c4ccccc34)n2)c1.